The molecule has 0 spiro atoms. The highest BCUT2D eigenvalue weighted by Gasteiger charge is 2.45. The monoisotopic (exact) mass is 948 g/mol. The van der Waals surface area contributed by atoms with Gasteiger partial charge in [0.15, 0.2) is 6.29 Å². The number of nitrogens with zero attached hydrogens (tertiary/aromatic N) is 1. The number of nitrogens with one attached hydrogen (secondary N) is 1. The number of carbonyl (C=O) groups excluding carboxylic acids is 2. The van der Waals surface area contributed by atoms with Crippen LogP contribution < -0.4 is 5.32 Å². The number of amides is 2. The Balaban J connectivity index is 2.22. The van der Waals surface area contributed by atoms with Gasteiger partial charge in [-0.25, -0.2) is 0 Å². The van der Waals surface area contributed by atoms with Crippen LogP contribution >= 0.6 is 0 Å². The van der Waals surface area contributed by atoms with Gasteiger partial charge in [-0.2, -0.15) is 0 Å². The number of hydrogen-bond acceptors (Lipinski definition) is 10. The lowest BCUT2D eigenvalue weighted by Gasteiger charge is -2.41. The van der Waals surface area contributed by atoms with Crippen LogP contribution in [0.3, 0.4) is 0 Å². The third-order valence-corrected chi connectivity index (χ3v) is 11.0. The Hall–Kier alpha value is -6.66. The lowest BCUT2D eigenvalue weighted by Crippen LogP contribution is -2.61. The van der Waals surface area contributed by atoms with Crippen LogP contribution in [0.1, 0.15) is 129 Å². The molecule has 2 aliphatic rings. The molecular weight excluding hydrogens is 885 g/mol. The fourth-order valence-electron chi connectivity index (χ4n) is 7.25. The largest absolute Gasteiger partial charge is 0.394 e. The highest BCUT2D eigenvalue weighted by atomic mass is 16.7. The second-order valence-electron chi connectivity index (χ2n) is 16.3. The Morgan fingerprint density at radius 1 is 0.614 bits per heavy atom. The molecule has 0 aromatic rings. The predicted octanol–water partition coefficient (Wildman–Crippen LogP) is 2.32. The molecule has 7 N–H and O–H groups in total. The molecule has 1 heterocycles. The van der Waals surface area contributed by atoms with Gasteiger partial charge in [0.25, 0.3) is 5.91 Å². The highest BCUT2D eigenvalue weighted by molar-refractivity contribution is 5.96. The molecule has 0 aromatic carbocycles. The molecule has 1 aliphatic carbocycles. The van der Waals surface area contributed by atoms with Crippen molar-refractivity contribution in [1.82, 2.24) is 10.2 Å². The molecule has 2 unspecified atom stereocenters. The van der Waals surface area contributed by atoms with Crippen molar-refractivity contribution in [3.63, 3.8) is 0 Å². The molecule has 12 nitrogen and oxygen atoms in total. The van der Waals surface area contributed by atoms with Crippen LogP contribution in [0.2, 0.25) is 0 Å². The van der Waals surface area contributed by atoms with Crippen molar-refractivity contribution >= 4 is 11.8 Å². The Morgan fingerprint density at radius 3 is 1.51 bits per heavy atom. The second-order valence-corrected chi connectivity index (χ2v) is 16.3. The van der Waals surface area contributed by atoms with Gasteiger partial charge in [-0.3, -0.25) is 9.59 Å². The molecule has 1 saturated heterocycles. The fraction of sp³-hybridized carbons (Fsp3) is 0.552. The number of rotatable bonds is 23. The SMILES string of the molecule is CC#CC#CC#CC#CC#CC#CC#CC#CC#CC#CC#CC#CC(=O)N(CC(=O)NC1CCCCC1)[C@@H](CO[C@H]1OC(CO)[C@@H](O)[C@H](O)C1O)[C@H](O)[C@H](O)CCCCCCCCCCCCCC. The van der Waals surface area contributed by atoms with Gasteiger partial charge in [-0.1, -0.05) is 109 Å². The molecular formula is C58H64N2O10. The molecule has 2 fully saturated rings. The summed E-state index contributed by atoms with van der Waals surface area (Å²) in [4.78, 5) is 28.4. The van der Waals surface area contributed by atoms with E-state index in [-0.39, 0.29) is 12.5 Å². The summed E-state index contributed by atoms with van der Waals surface area (Å²) in [5.74, 6) is 58.3. The summed E-state index contributed by atoms with van der Waals surface area (Å²) >= 11 is 0. The molecule has 366 valence electrons. The first-order chi connectivity index (χ1) is 34.1. The zero-order valence-corrected chi connectivity index (χ0v) is 40.3. The predicted molar refractivity (Wildman–Crippen MR) is 267 cm³/mol. The van der Waals surface area contributed by atoms with E-state index >= 15 is 0 Å². The first-order valence-electron chi connectivity index (χ1n) is 23.9. The minimum atomic E-state index is -1.79. The Kier molecular flexibility index (Phi) is 33.3. The number of aliphatic hydroxyl groups excluding tert-OH is 6. The summed E-state index contributed by atoms with van der Waals surface area (Å²) < 4.78 is 11.3. The van der Waals surface area contributed by atoms with Gasteiger partial charge in [-0.15, -0.1) is 0 Å². The number of hydrogen-bond donors (Lipinski definition) is 7. The summed E-state index contributed by atoms with van der Waals surface area (Å²) in [6.07, 6.45) is 6.75. The maximum atomic E-state index is 13.9. The quantitative estimate of drug-likeness (QED) is 0.0592. The van der Waals surface area contributed by atoms with Gasteiger partial charge in [0, 0.05) is 47.5 Å². The highest BCUT2D eigenvalue weighted by Crippen LogP contribution is 2.24. The molecule has 12 heteroatoms. The van der Waals surface area contributed by atoms with Crippen LogP contribution in [-0.2, 0) is 19.1 Å². The smallest absolute Gasteiger partial charge is 0.300 e. The van der Waals surface area contributed by atoms with Crippen molar-refractivity contribution in [2.24, 2.45) is 0 Å². The Bertz CT molecular complexity index is 2460. The minimum Gasteiger partial charge on any atom is -0.394 e. The molecule has 2 rings (SSSR count). The average Bonchev–Trinajstić information content (AvgIpc) is 3.36. The normalized spacial score (nSPS) is 18.4. The van der Waals surface area contributed by atoms with Crippen LogP contribution in [-0.4, -0.2) is 122 Å². The van der Waals surface area contributed by atoms with E-state index in [0.29, 0.717) is 6.42 Å². The maximum Gasteiger partial charge on any atom is 0.300 e. The molecule has 1 aliphatic heterocycles. The topological polar surface area (TPSA) is 189 Å². The fourth-order valence-corrected chi connectivity index (χ4v) is 7.25. The molecule has 1 saturated carbocycles. The van der Waals surface area contributed by atoms with Crippen molar-refractivity contribution in [2.75, 3.05) is 19.8 Å². The van der Waals surface area contributed by atoms with Gasteiger partial charge in [0.1, 0.15) is 37.1 Å². The molecule has 70 heavy (non-hydrogen) atoms. The molecule has 0 radical (unpaired) electrons. The summed E-state index contributed by atoms with van der Waals surface area (Å²) in [7, 11) is 0. The van der Waals surface area contributed by atoms with Gasteiger partial charge >= 0.3 is 0 Å². The van der Waals surface area contributed by atoms with Crippen molar-refractivity contribution in [2.45, 2.75) is 184 Å². The molecule has 2 amide bonds. The average molecular weight is 949 g/mol. The van der Waals surface area contributed by atoms with Crippen LogP contribution in [0.15, 0.2) is 0 Å². The third-order valence-electron chi connectivity index (χ3n) is 11.0. The van der Waals surface area contributed by atoms with Crippen LogP contribution in [0, 0.1) is 142 Å². The summed E-state index contributed by atoms with van der Waals surface area (Å²) in [6, 6.07) is -1.55. The zero-order valence-electron chi connectivity index (χ0n) is 40.3. The van der Waals surface area contributed by atoms with E-state index < -0.39 is 80.5 Å². The van der Waals surface area contributed by atoms with Crippen molar-refractivity contribution < 1.29 is 49.7 Å². The molecule has 0 bridgehead atoms. The van der Waals surface area contributed by atoms with Gasteiger partial charge < -0.3 is 50.3 Å². The standard InChI is InChI=1S/C58H64N2O10/c1-3-5-7-9-11-13-15-17-18-19-20-21-22-23-24-25-26-27-29-31-33-35-40-44-53(64)60(45-52(63)59-48-41-37-36-38-42-48)49(47-69-58-57(68)56(67)55(66)51(46-61)70-58)54(65)50(62)43-39-34-32-30-28-16-14-12-10-8-6-4-2/h48-51,54-58,61-62,65-68H,4,6,8,10,12,14,16,28,30,32,34,36-39,41-43,45-47H2,1-2H3,(H,59,63)/t49-,50+,51?,54-,55+,56-,57?,58-/m0/s1. The van der Waals surface area contributed by atoms with E-state index in [1.807, 2.05) is 0 Å². The Morgan fingerprint density at radius 2 is 1.06 bits per heavy atom. The second kappa shape index (κ2) is 39.2. The van der Waals surface area contributed by atoms with Crippen molar-refractivity contribution in [3.8, 4) is 142 Å². The summed E-state index contributed by atoms with van der Waals surface area (Å²) in [6.45, 7) is 1.97. The third kappa shape index (κ3) is 26.8. The van der Waals surface area contributed by atoms with Crippen LogP contribution in [0.25, 0.3) is 0 Å². The first kappa shape index (κ1) is 59.5. The molecule has 0 aromatic heterocycles. The molecule has 8 atom stereocenters. The van der Waals surface area contributed by atoms with E-state index in [9.17, 15) is 40.2 Å². The van der Waals surface area contributed by atoms with Gasteiger partial charge in [0.05, 0.1) is 25.4 Å². The summed E-state index contributed by atoms with van der Waals surface area (Å²) in [5.41, 5.74) is 0. The number of carbonyl (C=O) groups is 2. The lowest BCUT2D eigenvalue weighted by molar-refractivity contribution is -0.304. The van der Waals surface area contributed by atoms with E-state index in [0.717, 1.165) is 62.7 Å². The van der Waals surface area contributed by atoms with Crippen LogP contribution in [0.5, 0.6) is 0 Å². The number of ether oxygens (including phenoxy) is 2. The Labute approximate surface area is 416 Å². The van der Waals surface area contributed by atoms with E-state index in [1.165, 1.54) is 44.9 Å². The van der Waals surface area contributed by atoms with Crippen LogP contribution in [0.4, 0.5) is 0 Å². The van der Waals surface area contributed by atoms with Gasteiger partial charge in [-0.05, 0) is 121 Å². The zero-order chi connectivity index (χ0) is 50.9. The maximum absolute atomic E-state index is 13.9. The number of unbranched alkanes of at least 4 members (excludes halogenated alkanes) is 11. The van der Waals surface area contributed by atoms with E-state index in [2.05, 4.69) is 154 Å². The lowest BCUT2D eigenvalue weighted by atomic mass is 9.95. The summed E-state index contributed by atoms with van der Waals surface area (Å²) in [5, 5.41) is 67.1. The number of aliphatic hydroxyl groups is 6. The van der Waals surface area contributed by atoms with Crippen molar-refractivity contribution in [3.05, 3.63) is 0 Å². The van der Waals surface area contributed by atoms with Gasteiger partial charge in [0.2, 0.25) is 5.91 Å². The van der Waals surface area contributed by atoms with E-state index in [4.69, 9.17) is 9.47 Å². The van der Waals surface area contributed by atoms with Crippen molar-refractivity contribution in [1.29, 1.82) is 0 Å². The minimum absolute atomic E-state index is 0.114. The first-order valence-corrected chi connectivity index (χ1v) is 23.9. The van der Waals surface area contributed by atoms with E-state index in [1.54, 1.807) is 6.92 Å².